The molecule has 11 heteroatoms. The van der Waals surface area contributed by atoms with E-state index < -0.39 is 24.4 Å². The molecule has 0 saturated carbocycles. The topological polar surface area (TPSA) is 71.1 Å². The Morgan fingerprint density at radius 2 is 1.74 bits per heavy atom. The summed E-state index contributed by atoms with van der Waals surface area (Å²) in [5, 5.41) is 2.58. The first kappa shape index (κ1) is 25.3. The number of amides is 2. The molecule has 1 fully saturated rings. The van der Waals surface area contributed by atoms with E-state index >= 15 is 0 Å². The van der Waals surface area contributed by atoms with Crippen molar-refractivity contribution in [2.45, 2.75) is 32.5 Å². The van der Waals surface area contributed by atoms with E-state index in [0.29, 0.717) is 15.8 Å². The van der Waals surface area contributed by atoms with Gasteiger partial charge in [0.05, 0.1) is 13.1 Å². The summed E-state index contributed by atoms with van der Waals surface area (Å²) >= 11 is 3.34. The zero-order valence-electron chi connectivity index (χ0n) is 17.7. The molecular weight excluding hydrogens is 483 g/mol. The molecule has 0 radical (unpaired) electrons. The largest absolute Gasteiger partial charge is 0.492 e. The van der Waals surface area contributed by atoms with Crippen LogP contribution in [-0.2, 0) is 4.74 Å². The Balaban J connectivity index is 1.86. The number of benzene rings is 1. The number of rotatable bonds is 6. The standard InChI is InChI=1S/C20H27BrF3N3O4/c1-19(2,3)31-18(29)25-4-9-30-16-11-14(10-15(21)12-16)17(28)27-7-5-26(6-8-27)13-20(22,23)24/h10-12H,4-9,13H2,1-3H3,(H,25,29). The molecule has 31 heavy (non-hydrogen) atoms. The molecule has 1 aromatic rings. The Labute approximate surface area is 188 Å². The third-order valence-corrected chi connectivity index (χ3v) is 4.68. The summed E-state index contributed by atoms with van der Waals surface area (Å²) in [4.78, 5) is 27.2. The van der Waals surface area contributed by atoms with Crippen LogP contribution in [0.25, 0.3) is 0 Å². The minimum atomic E-state index is -4.25. The van der Waals surface area contributed by atoms with Crippen molar-refractivity contribution in [1.29, 1.82) is 0 Å². The van der Waals surface area contributed by atoms with Crippen LogP contribution in [0, 0.1) is 0 Å². The molecule has 1 saturated heterocycles. The fraction of sp³-hybridized carbons (Fsp3) is 0.600. The van der Waals surface area contributed by atoms with Gasteiger partial charge in [-0.05, 0) is 39.0 Å². The molecule has 2 amide bonds. The molecule has 0 atom stereocenters. The molecule has 0 spiro atoms. The van der Waals surface area contributed by atoms with E-state index in [-0.39, 0.29) is 45.2 Å². The van der Waals surface area contributed by atoms with Gasteiger partial charge in [0.2, 0.25) is 0 Å². The maximum absolute atomic E-state index is 12.8. The van der Waals surface area contributed by atoms with Gasteiger partial charge in [-0.25, -0.2) is 4.79 Å². The van der Waals surface area contributed by atoms with Crippen molar-refractivity contribution >= 4 is 27.9 Å². The first-order valence-electron chi connectivity index (χ1n) is 9.81. The summed E-state index contributed by atoms with van der Waals surface area (Å²) in [6, 6.07) is 4.89. The van der Waals surface area contributed by atoms with Crippen molar-refractivity contribution in [3.63, 3.8) is 0 Å². The molecule has 174 valence electrons. The van der Waals surface area contributed by atoms with E-state index in [9.17, 15) is 22.8 Å². The number of carbonyl (C=O) groups excluding carboxylic acids is 2. The average Bonchev–Trinajstić information content (AvgIpc) is 2.62. The third-order valence-electron chi connectivity index (χ3n) is 4.22. The minimum Gasteiger partial charge on any atom is -0.492 e. The van der Waals surface area contributed by atoms with Crippen molar-refractivity contribution in [2.24, 2.45) is 0 Å². The number of piperazine rings is 1. The second kappa shape index (κ2) is 10.5. The van der Waals surface area contributed by atoms with Crippen LogP contribution in [-0.4, -0.2) is 79.5 Å². The van der Waals surface area contributed by atoms with E-state index in [4.69, 9.17) is 9.47 Å². The highest BCUT2D eigenvalue weighted by molar-refractivity contribution is 9.10. The lowest BCUT2D eigenvalue weighted by Gasteiger charge is -2.35. The second-order valence-corrected chi connectivity index (χ2v) is 9.05. The lowest BCUT2D eigenvalue weighted by Crippen LogP contribution is -2.50. The first-order valence-corrected chi connectivity index (χ1v) is 10.6. The first-order chi connectivity index (χ1) is 14.3. The van der Waals surface area contributed by atoms with Gasteiger partial charge >= 0.3 is 12.3 Å². The Morgan fingerprint density at radius 3 is 2.32 bits per heavy atom. The maximum Gasteiger partial charge on any atom is 0.407 e. The number of carbonyl (C=O) groups is 2. The Bertz CT molecular complexity index is 776. The molecular formula is C20H27BrF3N3O4. The highest BCUT2D eigenvalue weighted by Gasteiger charge is 2.33. The number of nitrogens with one attached hydrogen (secondary N) is 1. The zero-order chi connectivity index (χ0) is 23.2. The zero-order valence-corrected chi connectivity index (χ0v) is 19.3. The Kier molecular flexibility index (Phi) is 8.58. The summed E-state index contributed by atoms with van der Waals surface area (Å²) in [6.07, 6.45) is -4.80. The Hall–Kier alpha value is -2.01. The van der Waals surface area contributed by atoms with E-state index in [0.717, 1.165) is 0 Å². The molecule has 0 aliphatic carbocycles. The summed E-state index contributed by atoms with van der Waals surface area (Å²) in [6.45, 7) is 5.47. The van der Waals surface area contributed by atoms with E-state index in [2.05, 4.69) is 21.2 Å². The molecule has 1 aliphatic heterocycles. The lowest BCUT2D eigenvalue weighted by atomic mass is 10.1. The predicted molar refractivity (Wildman–Crippen MR) is 112 cm³/mol. The van der Waals surface area contributed by atoms with Crippen molar-refractivity contribution in [3.8, 4) is 5.75 Å². The number of alkyl halides is 3. The summed E-state index contributed by atoms with van der Waals surface area (Å²) < 4.78 is 48.9. The molecule has 1 N–H and O–H groups in total. The van der Waals surface area contributed by atoms with Gasteiger partial charge in [-0.3, -0.25) is 9.69 Å². The van der Waals surface area contributed by atoms with E-state index in [1.165, 1.54) is 9.80 Å². The van der Waals surface area contributed by atoms with Gasteiger partial charge in [-0.15, -0.1) is 0 Å². The van der Waals surface area contributed by atoms with Gasteiger partial charge in [-0.2, -0.15) is 13.2 Å². The van der Waals surface area contributed by atoms with Crippen molar-refractivity contribution in [2.75, 3.05) is 45.9 Å². The number of alkyl carbamates (subject to hydrolysis) is 1. The van der Waals surface area contributed by atoms with Gasteiger partial charge in [0.15, 0.2) is 0 Å². The van der Waals surface area contributed by atoms with Gasteiger partial charge in [-0.1, -0.05) is 15.9 Å². The van der Waals surface area contributed by atoms with E-state index in [1.54, 1.807) is 39.0 Å². The van der Waals surface area contributed by atoms with E-state index in [1.807, 2.05) is 0 Å². The van der Waals surface area contributed by atoms with Gasteiger partial charge in [0.1, 0.15) is 18.0 Å². The smallest absolute Gasteiger partial charge is 0.407 e. The van der Waals surface area contributed by atoms with Crippen LogP contribution in [0.15, 0.2) is 22.7 Å². The van der Waals surface area contributed by atoms with Crippen LogP contribution in [0.1, 0.15) is 31.1 Å². The van der Waals surface area contributed by atoms with Crippen LogP contribution in [0.4, 0.5) is 18.0 Å². The second-order valence-electron chi connectivity index (χ2n) is 8.14. The molecule has 2 rings (SSSR count). The number of hydrogen-bond acceptors (Lipinski definition) is 5. The van der Waals surface area contributed by atoms with Crippen LogP contribution in [0.3, 0.4) is 0 Å². The molecule has 0 bridgehead atoms. The minimum absolute atomic E-state index is 0.166. The van der Waals surface area contributed by atoms with Gasteiger partial charge in [0.25, 0.3) is 5.91 Å². The lowest BCUT2D eigenvalue weighted by molar-refractivity contribution is -0.148. The average molecular weight is 510 g/mol. The summed E-state index contributed by atoms with van der Waals surface area (Å²) in [5.41, 5.74) is -0.225. The molecule has 1 heterocycles. The molecule has 0 unspecified atom stereocenters. The third kappa shape index (κ3) is 9.34. The number of nitrogens with zero attached hydrogens (tertiary/aromatic N) is 2. The quantitative estimate of drug-likeness (QED) is 0.592. The van der Waals surface area contributed by atoms with Crippen molar-refractivity contribution < 1.29 is 32.2 Å². The van der Waals surface area contributed by atoms with Crippen molar-refractivity contribution in [3.05, 3.63) is 28.2 Å². The number of hydrogen-bond donors (Lipinski definition) is 1. The molecule has 7 nitrogen and oxygen atoms in total. The normalized spacial score (nSPS) is 15.5. The van der Waals surface area contributed by atoms with Crippen LogP contribution < -0.4 is 10.1 Å². The molecule has 0 aromatic heterocycles. The van der Waals surface area contributed by atoms with Crippen LogP contribution in [0.5, 0.6) is 5.75 Å². The van der Waals surface area contributed by atoms with Gasteiger partial charge in [0, 0.05) is 36.2 Å². The highest BCUT2D eigenvalue weighted by Crippen LogP contribution is 2.23. The van der Waals surface area contributed by atoms with Crippen LogP contribution >= 0.6 is 15.9 Å². The highest BCUT2D eigenvalue weighted by atomic mass is 79.9. The van der Waals surface area contributed by atoms with Gasteiger partial charge < -0.3 is 19.7 Å². The molecule has 1 aromatic carbocycles. The summed E-state index contributed by atoms with van der Waals surface area (Å²) in [7, 11) is 0. The van der Waals surface area contributed by atoms with Crippen molar-refractivity contribution in [1.82, 2.24) is 15.1 Å². The van der Waals surface area contributed by atoms with Crippen LogP contribution in [0.2, 0.25) is 0 Å². The fourth-order valence-electron chi connectivity index (χ4n) is 2.95. The molecule has 1 aliphatic rings. The number of ether oxygens (including phenoxy) is 2. The monoisotopic (exact) mass is 509 g/mol. The maximum atomic E-state index is 12.8. The fourth-order valence-corrected chi connectivity index (χ4v) is 3.42. The predicted octanol–water partition coefficient (Wildman–Crippen LogP) is 3.67. The SMILES string of the molecule is CC(C)(C)OC(=O)NCCOc1cc(Br)cc(C(=O)N2CCN(CC(F)(F)F)CC2)c1. The Morgan fingerprint density at radius 1 is 1.10 bits per heavy atom. The number of halogens is 4. The summed E-state index contributed by atoms with van der Waals surface area (Å²) in [5.74, 6) is 0.157.